The van der Waals surface area contributed by atoms with Gasteiger partial charge < -0.3 is 15.1 Å². The zero-order valence-electron chi connectivity index (χ0n) is 16.8. The second-order valence-electron chi connectivity index (χ2n) is 7.54. The van der Waals surface area contributed by atoms with Crippen molar-refractivity contribution in [3.63, 3.8) is 0 Å². The SMILES string of the molecule is CN(C)CCNC(=O)c1nc(C(=O)N2CCc3ccccc3C2)c2ccccn12. The molecule has 7 heteroatoms. The molecule has 0 bridgehead atoms. The number of likely N-dealkylation sites (N-methyl/N-ethyl adjacent to an activating group) is 1. The molecule has 0 saturated heterocycles. The molecule has 2 aromatic heterocycles. The van der Waals surface area contributed by atoms with Gasteiger partial charge in [0.15, 0.2) is 5.69 Å². The molecule has 0 atom stereocenters. The summed E-state index contributed by atoms with van der Waals surface area (Å²) in [5.41, 5.74) is 3.42. The number of hydrogen-bond donors (Lipinski definition) is 1. The summed E-state index contributed by atoms with van der Waals surface area (Å²) in [6.07, 6.45) is 2.59. The van der Waals surface area contributed by atoms with E-state index in [0.717, 1.165) is 18.5 Å². The molecule has 3 heterocycles. The third-order valence-electron chi connectivity index (χ3n) is 5.22. The molecule has 1 N–H and O–H groups in total. The van der Waals surface area contributed by atoms with Crippen molar-refractivity contribution in [3.05, 3.63) is 71.3 Å². The number of benzene rings is 1. The summed E-state index contributed by atoms with van der Waals surface area (Å²) >= 11 is 0. The van der Waals surface area contributed by atoms with Crippen molar-refractivity contribution in [3.8, 4) is 0 Å². The Morgan fingerprint density at radius 3 is 2.66 bits per heavy atom. The average Bonchev–Trinajstić information content (AvgIpc) is 3.12. The first-order chi connectivity index (χ1) is 14.0. The maximum atomic E-state index is 13.3. The Balaban J connectivity index is 1.61. The van der Waals surface area contributed by atoms with E-state index < -0.39 is 0 Å². The number of rotatable bonds is 5. The number of nitrogens with one attached hydrogen (secondary N) is 1. The number of pyridine rings is 1. The molecule has 2 amide bonds. The highest BCUT2D eigenvalue weighted by Crippen LogP contribution is 2.22. The number of imidazole rings is 1. The van der Waals surface area contributed by atoms with E-state index in [9.17, 15) is 9.59 Å². The van der Waals surface area contributed by atoms with Crippen LogP contribution in [-0.4, -0.2) is 64.7 Å². The van der Waals surface area contributed by atoms with Gasteiger partial charge in [-0.25, -0.2) is 4.98 Å². The van der Waals surface area contributed by atoms with Crippen LogP contribution < -0.4 is 5.32 Å². The summed E-state index contributed by atoms with van der Waals surface area (Å²) in [6, 6.07) is 13.7. The minimum absolute atomic E-state index is 0.143. The fraction of sp³-hybridized carbons (Fsp3) is 0.318. The third-order valence-corrected chi connectivity index (χ3v) is 5.22. The van der Waals surface area contributed by atoms with Crippen molar-refractivity contribution in [2.45, 2.75) is 13.0 Å². The zero-order chi connectivity index (χ0) is 20.4. The Morgan fingerprint density at radius 1 is 1.10 bits per heavy atom. The summed E-state index contributed by atoms with van der Waals surface area (Å²) in [5, 5.41) is 2.88. The fourth-order valence-corrected chi connectivity index (χ4v) is 3.65. The van der Waals surface area contributed by atoms with Gasteiger partial charge in [-0.05, 0) is 43.8 Å². The maximum absolute atomic E-state index is 13.3. The summed E-state index contributed by atoms with van der Waals surface area (Å²) in [5.74, 6) is -0.188. The molecule has 0 spiro atoms. The van der Waals surface area contributed by atoms with Gasteiger partial charge in [0.25, 0.3) is 11.8 Å². The van der Waals surface area contributed by atoms with Crippen LogP contribution in [0.15, 0.2) is 48.7 Å². The molecule has 0 unspecified atom stereocenters. The molecular formula is C22H25N5O2. The van der Waals surface area contributed by atoms with Crippen LogP contribution in [-0.2, 0) is 13.0 Å². The first-order valence-corrected chi connectivity index (χ1v) is 9.80. The quantitative estimate of drug-likeness (QED) is 0.720. The highest BCUT2D eigenvalue weighted by Gasteiger charge is 2.27. The number of nitrogens with zero attached hydrogens (tertiary/aromatic N) is 4. The van der Waals surface area contributed by atoms with Gasteiger partial charge in [0.1, 0.15) is 0 Å². The van der Waals surface area contributed by atoms with Crippen LogP contribution in [0, 0.1) is 0 Å². The van der Waals surface area contributed by atoms with Crippen molar-refractivity contribution in [1.82, 2.24) is 24.5 Å². The number of hydrogen-bond acceptors (Lipinski definition) is 4. The van der Waals surface area contributed by atoms with Gasteiger partial charge in [-0.3, -0.25) is 14.0 Å². The van der Waals surface area contributed by atoms with Crippen molar-refractivity contribution < 1.29 is 9.59 Å². The van der Waals surface area contributed by atoms with Crippen molar-refractivity contribution in [2.75, 3.05) is 33.7 Å². The summed E-state index contributed by atoms with van der Waals surface area (Å²) in [4.78, 5) is 34.2. The van der Waals surface area contributed by atoms with Gasteiger partial charge in [-0.1, -0.05) is 30.3 Å². The average molecular weight is 391 g/mol. The highest BCUT2D eigenvalue weighted by atomic mass is 16.2. The lowest BCUT2D eigenvalue weighted by atomic mass is 10.00. The van der Waals surface area contributed by atoms with Gasteiger partial charge in [0, 0.05) is 32.4 Å². The van der Waals surface area contributed by atoms with Gasteiger partial charge >= 0.3 is 0 Å². The second kappa shape index (κ2) is 8.05. The molecule has 29 heavy (non-hydrogen) atoms. The third kappa shape index (κ3) is 3.86. The topological polar surface area (TPSA) is 70.0 Å². The van der Waals surface area contributed by atoms with Crippen LogP contribution >= 0.6 is 0 Å². The monoisotopic (exact) mass is 391 g/mol. The Bertz CT molecular complexity index is 1060. The number of amides is 2. The normalized spacial score (nSPS) is 13.6. The van der Waals surface area contributed by atoms with Crippen molar-refractivity contribution in [1.29, 1.82) is 0 Å². The predicted octanol–water partition coefficient (Wildman–Crippen LogP) is 1.82. The fourth-order valence-electron chi connectivity index (χ4n) is 3.65. The molecule has 1 aliphatic rings. The van der Waals surface area contributed by atoms with Crippen molar-refractivity contribution >= 4 is 17.3 Å². The molecule has 150 valence electrons. The number of carbonyl (C=O) groups is 2. The van der Waals surface area contributed by atoms with Crippen LogP contribution in [0.4, 0.5) is 0 Å². The molecule has 0 saturated carbocycles. The van der Waals surface area contributed by atoms with Gasteiger partial charge in [-0.2, -0.15) is 0 Å². The van der Waals surface area contributed by atoms with E-state index in [1.165, 1.54) is 5.56 Å². The van der Waals surface area contributed by atoms with Crippen LogP contribution in [0.2, 0.25) is 0 Å². The van der Waals surface area contributed by atoms with Crippen molar-refractivity contribution in [2.24, 2.45) is 0 Å². The molecule has 4 rings (SSSR count). The van der Waals surface area contributed by atoms with Crippen LogP contribution in [0.25, 0.3) is 5.52 Å². The Hall–Kier alpha value is -3.19. The maximum Gasteiger partial charge on any atom is 0.287 e. The smallest absolute Gasteiger partial charge is 0.287 e. The molecule has 7 nitrogen and oxygen atoms in total. The standard InChI is InChI=1S/C22H25N5O2/c1-25(2)14-11-23-21(28)20-24-19(18-9-5-6-12-27(18)20)22(29)26-13-10-16-7-3-4-8-17(16)15-26/h3-9,12H,10-11,13-15H2,1-2H3,(H,23,28). The van der Waals surface area contributed by atoms with E-state index >= 15 is 0 Å². The van der Waals surface area contributed by atoms with E-state index in [1.54, 1.807) is 10.6 Å². The molecule has 1 aliphatic heterocycles. The highest BCUT2D eigenvalue weighted by molar-refractivity contribution is 6.02. The molecule has 3 aromatic rings. The largest absolute Gasteiger partial charge is 0.348 e. The summed E-state index contributed by atoms with van der Waals surface area (Å²) < 4.78 is 1.69. The molecular weight excluding hydrogens is 366 g/mol. The van der Waals surface area contributed by atoms with E-state index in [0.29, 0.717) is 30.8 Å². The second-order valence-corrected chi connectivity index (χ2v) is 7.54. The van der Waals surface area contributed by atoms with Gasteiger partial charge in [0.05, 0.1) is 5.52 Å². The van der Waals surface area contributed by atoms with E-state index in [1.807, 2.05) is 54.2 Å². The summed E-state index contributed by atoms with van der Waals surface area (Å²) in [6.45, 7) is 2.45. The Kier molecular flexibility index (Phi) is 5.31. The van der Waals surface area contributed by atoms with Crippen LogP contribution in [0.5, 0.6) is 0 Å². The zero-order valence-corrected chi connectivity index (χ0v) is 16.8. The molecule has 0 aliphatic carbocycles. The summed E-state index contributed by atoms with van der Waals surface area (Å²) in [7, 11) is 3.90. The lowest BCUT2D eigenvalue weighted by molar-refractivity contribution is 0.0731. The van der Waals surface area contributed by atoms with Gasteiger partial charge in [-0.15, -0.1) is 0 Å². The minimum atomic E-state index is -0.281. The van der Waals surface area contributed by atoms with E-state index in [4.69, 9.17) is 0 Å². The predicted molar refractivity (Wildman–Crippen MR) is 111 cm³/mol. The number of fused-ring (bicyclic) bond motifs is 2. The van der Waals surface area contributed by atoms with E-state index in [2.05, 4.69) is 22.4 Å². The first kappa shape index (κ1) is 19.1. The number of aromatic nitrogens is 2. The first-order valence-electron chi connectivity index (χ1n) is 9.80. The lowest BCUT2D eigenvalue weighted by Crippen LogP contribution is -2.36. The molecule has 0 radical (unpaired) electrons. The molecule has 0 fully saturated rings. The number of carbonyl (C=O) groups excluding carboxylic acids is 2. The van der Waals surface area contributed by atoms with Crippen LogP contribution in [0.1, 0.15) is 32.2 Å². The minimum Gasteiger partial charge on any atom is -0.348 e. The lowest BCUT2D eigenvalue weighted by Gasteiger charge is -2.28. The van der Waals surface area contributed by atoms with Crippen LogP contribution in [0.3, 0.4) is 0 Å². The van der Waals surface area contributed by atoms with E-state index in [-0.39, 0.29) is 17.6 Å². The Labute approximate surface area is 169 Å². The Morgan fingerprint density at radius 2 is 1.86 bits per heavy atom. The molecule has 1 aromatic carbocycles. The van der Waals surface area contributed by atoms with Gasteiger partial charge in [0.2, 0.25) is 5.82 Å².